The number of aliphatic carboxylic acids is 1. The lowest BCUT2D eigenvalue weighted by Crippen LogP contribution is -2.30. The van der Waals surface area contributed by atoms with Gasteiger partial charge in [0.2, 0.25) is 0 Å². The number of carboxylic acids is 1. The molecular weight excluding hydrogens is 170 g/mol. The molecule has 0 atom stereocenters. The summed E-state index contributed by atoms with van der Waals surface area (Å²) in [6.45, 7) is 7.27. The van der Waals surface area contributed by atoms with Crippen molar-refractivity contribution in [3.63, 3.8) is 0 Å². The van der Waals surface area contributed by atoms with Gasteiger partial charge in [-0.05, 0) is 6.92 Å². The zero-order valence-electron chi connectivity index (χ0n) is 7.99. The maximum Gasteiger partial charge on any atom is 0.304 e. The van der Waals surface area contributed by atoms with Crippen LogP contribution in [-0.2, 0) is 4.79 Å². The summed E-state index contributed by atoms with van der Waals surface area (Å²) < 4.78 is 0. The van der Waals surface area contributed by atoms with Crippen molar-refractivity contribution < 1.29 is 15.0 Å². The van der Waals surface area contributed by atoms with E-state index in [1.807, 2.05) is 11.8 Å². The summed E-state index contributed by atoms with van der Waals surface area (Å²) in [6, 6.07) is 0. The summed E-state index contributed by atoms with van der Waals surface area (Å²) >= 11 is 0. The fourth-order valence-corrected chi connectivity index (χ4v) is 1.05. The molecule has 0 amide bonds. The van der Waals surface area contributed by atoms with Crippen molar-refractivity contribution in [2.24, 2.45) is 0 Å². The molecule has 4 nitrogen and oxygen atoms in total. The van der Waals surface area contributed by atoms with Gasteiger partial charge in [0.05, 0.1) is 13.0 Å². The molecule has 0 aliphatic carbocycles. The zero-order chi connectivity index (χ0) is 10.3. The van der Waals surface area contributed by atoms with E-state index in [0.29, 0.717) is 19.6 Å². The first-order chi connectivity index (χ1) is 6.06. The van der Waals surface area contributed by atoms with E-state index in [9.17, 15) is 4.79 Å². The predicted octanol–water partition coefficient (Wildman–Crippen LogP) is 0.331. The largest absolute Gasteiger partial charge is 0.481 e. The Kier molecular flexibility index (Phi) is 6.18. The maximum absolute atomic E-state index is 10.3. The van der Waals surface area contributed by atoms with E-state index in [0.717, 1.165) is 5.57 Å². The second-order valence-electron chi connectivity index (χ2n) is 3.10. The van der Waals surface area contributed by atoms with Crippen LogP contribution in [0.2, 0.25) is 0 Å². The average Bonchev–Trinajstić information content (AvgIpc) is 1.99. The molecule has 0 radical (unpaired) electrons. The number of aliphatic hydroxyl groups is 1. The van der Waals surface area contributed by atoms with Crippen LogP contribution in [0.25, 0.3) is 0 Å². The Morgan fingerprint density at radius 2 is 2.08 bits per heavy atom. The summed E-state index contributed by atoms with van der Waals surface area (Å²) in [5.74, 6) is -0.815. The molecule has 0 aromatic rings. The molecule has 0 rings (SSSR count). The molecule has 0 aromatic heterocycles. The Balaban J connectivity index is 3.79. The molecule has 0 heterocycles. The van der Waals surface area contributed by atoms with Crippen LogP contribution < -0.4 is 0 Å². The topological polar surface area (TPSA) is 60.8 Å². The van der Waals surface area contributed by atoms with Gasteiger partial charge in [-0.3, -0.25) is 9.69 Å². The molecule has 0 fully saturated rings. The third-order valence-electron chi connectivity index (χ3n) is 1.55. The summed E-state index contributed by atoms with van der Waals surface area (Å²) in [6.07, 6.45) is 0.104. The van der Waals surface area contributed by atoms with E-state index in [1.54, 1.807) is 0 Å². The van der Waals surface area contributed by atoms with Crippen molar-refractivity contribution >= 4 is 5.97 Å². The Labute approximate surface area is 78.5 Å². The van der Waals surface area contributed by atoms with Gasteiger partial charge in [-0.15, -0.1) is 0 Å². The van der Waals surface area contributed by atoms with Gasteiger partial charge in [-0.2, -0.15) is 0 Å². The van der Waals surface area contributed by atoms with Crippen molar-refractivity contribution in [3.05, 3.63) is 12.2 Å². The first-order valence-corrected chi connectivity index (χ1v) is 4.25. The van der Waals surface area contributed by atoms with Crippen molar-refractivity contribution in [1.29, 1.82) is 0 Å². The van der Waals surface area contributed by atoms with Gasteiger partial charge in [-0.25, -0.2) is 0 Å². The van der Waals surface area contributed by atoms with E-state index in [2.05, 4.69) is 6.58 Å². The lowest BCUT2D eigenvalue weighted by Gasteiger charge is -2.20. The van der Waals surface area contributed by atoms with E-state index in [1.165, 1.54) is 0 Å². The summed E-state index contributed by atoms with van der Waals surface area (Å²) in [5.41, 5.74) is 0.971. The first kappa shape index (κ1) is 12.1. The maximum atomic E-state index is 10.3. The molecular formula is C9H17NO3. The van der Waals surface area contributed by atoms with Crippen molar-refractivity contribution in [1.82, 2.24) is 4.90 Å². The Bertz CT molecular complexity index is 180. The third kappa shape index (κ3) is 7.49. The van der Waals surface area contributed by atoms with Crippen molar-refractivity contribution in [2.45, 2.75) is 13.3 Å². The number of aliphatic hydroxyl groups excluding tert-OH is 1. The van der Waals surface area contributed by atoms with Crippen molar-refractivity contribution in [3.8, 4) is 0 Å². The fourth-order valence-electron chi connectivity index (χ4n) is 1.05. The standard InChI is InChI=1S/C9H17NO3/c1-8(2)7-10(5-6-11)4-3-9(12)13/h11H,1,3-7H2,2H3,(H,12,13). The molecule has 2 N–H and O–H groups in total. The van der Waals surface area contributed by atoms with Crippen LogP contribution in [0.1, 0.15) is 13.3 Å². The number of carbonyl (C=O) groups is 1. The normalized spacial score (nSPS) is 10.4. The highest BCUT2D eigenvalue weighted by atomic mass is 16.4. The number of rotatable bonds is 7. The van der Waals surface area contributed by atoms with Crippen LogP contribution in [-0.4, -0.2) is 47.3 Å². The zero-order valence-corrected chi connectivity index (χ0v) is 7.99. The second kappa shape index (κ2) is 6.62. The molecule has 76 valence electrons. The van der Waals surface area contributed by atoms with Gasteiger partial charge in [0, 0.05) is 19.6 Å². The lowest BCUT2D eigenvalue weighted by atomic mass is 10.3. The smallest absolute Gasteiger partial charge is 0.304 e. The Morgan fingerprint density at radius 1 is 1.46 bits per heavy atom. The number of nitrogens with zero attached hydrogens (tertiary/aromatic N) is 1. The minimum atomic E-state index is -0.815. The van der Waals surface area contributed by atoms with E-state index < -0.39 is 5.97 Å². The Morgan fingerprint density at radius 3 is 2.46 bits per heavy atom. The molecule has 0 saturated carbocycles. The minimum absolute atomic E-state index is 0.0485. The molecule has 13 heavy (non-hydrogen) atoms. The van der Waals surface area contributed by atoms with Gasteiger partial charge >= 0.3 is 5.97 Å². The van der Waals surface area contributed by atoms with Crippen LogP contribution in [0.5, 0.6) is 0 Å². The summed E-state index contributed by atoms with van der Waals surface area (Å²) in [4.78, 5) is 12.2. The van der Waals surface area contributed by atoms with Crippen LogP contribution >= 0.6 is 0 Å². The molecule has 0 aliphatic heterocycles. The van der Waals surface area contributed by atoms with Gasteiger partial charge in [-0.1, -0.05) is 12.2 Å². The first-order valence-electron chi connectivity index (χ1n) is 4.25. The van der Waals surface area contributed by atoms with Crippen LogP contribution in [0.3, 0.4) is 0 Å². The predicted molar refractivity (Wildman–Crippen MR) is 50.6 cm³/mol. The highest BCUT2D eigenvalue weighted by Crippen LogP contribution is 1.97. The minimum Gasteiger partial charge on any atom is -0.481 e. The Hall–Kier alpha value is -0.870. The highest BCUT2D eigenvalue weighted by Gasteiger charge is 2.06. The number of carboxylic acid groups (broad SMARTS) is 1. The SMILES string of the molecule is C=C(C)CN(CCO)CCC(=O)O. The number of hydrogen-bond acceptors (Lipinski definition) is 3. The molecule has 4 heteroatoms. The third-order valence-corrected chi connectivity index (χ3v) is 1.55. The van der Waals surface area contributed by atoms with Gasteiger partial charge < -0.3 is 10.2 Å². The van der Waals surface area contributed by atoms with Crippen LogP contribution in [0, 0.1) is 0 Å². The molecule has 0 spiro atoms. The highest BCUT2D eigenvalue weighted by molar-refractivity contribution is 5.66. The average molecular weight is 187 g/mol. The van der Waals surface area contributed by atoms with Gasteiger partial charge in [0.1, 0.15) is 0 Å². The molecule has 0 bridgehead atoms. The summed E-state index contributed by atoms with van der Waals surface area (Å²) in [7, 11) is 0. The monoisotopic (exact) mass is 187 g/mol. The molecule has 0 unspecified atom stereocenters. The van der Waals surface area contributed by atoms with Crippen molar-refractivity contribution in [2.75, 3.05) is 26.2 Å². The van der Waals surface area contributed by atoms with E-state index in [4.69, 9.17) is 10.2 Å². The van der Waals surface area contributed by atoms with Crippen LogP contribution in [0.15, 0.2) is 12.2 Å². The molecule has 0 saturated heterocycles. The van der Waals surface area contributed by atoms with Crippen LogP contribution in [0.4, 0.5) is 0 Å². The second-order valence-corrected chi connectivity index (χ2v) is 3.10. The summed E-state index contributed by atoms with van der Waals surface area (Å²) in [5, 5.41) is 17.1. The fraction of sp³-hybridized carbons (Fsp3) is 0.667. The number of hydrogen-bond donors (Lipinski definition) is 2. The van der Waals surface area contributed by atoms with E-state index >= 15 is 0 Å². The molecule has 0 aliphatic rings. The van der Waals surface area contributed by atoms with E-state index in [-0.39, 0.29) is 13.0 Å². The van der Waals surface area contributed by atoms with Gasteiger partial charge in [0.15, 0.2) is 0 Å². The van der Waals surface area contributed by atoms with Gasteiger partial charge in [0.25, 0.3) is 0 Å². The quantitative estimate of drug-likeness (QED) is 0.564. The molecule has 0 aromatic carbocycles. The lowest BCUT2D eigenvalue weighted by molar-refractivity contribution is -0.137.